The van der Waals surface area contributed by atoms with Crippen molar-refractivity contribution in [3.05, 3.63) is 64.3 Å². The Morgan fingerprint density at radius 2 is 1.61 bits per heavy atom. The summed E-state index contributed by atoms with van der Waals surface area (Å²) in [5, 5.41) is 0.575. The van der Waals surface area contributed by atoms with Gasteiger partial charge in [-0.15, -0.1) is 0 Å². The molecular weight excluding hydrogens is 412 g/mol. The SMILES string of the molecule is Cc1cc(Cl)ccc1N1C(=O)C(c2ccc(OC(C)C)cc2)=C(N2CCCCC2)C1=O. The van der Waals surface area contributed by atoms with Crippen LogP contribution in [0.25, 0.3) is 5.57 Å². The van der Waals surface area contributed by atoms with Crippen LogP contribution in [0.2, 0.25) is 5.02 Å². The average Bonchev–Trinajstić information content (AvgIpc) is 2.99. The Hall–Kier alpha value is -2.79. The highest BCUT2D eigenvalue weighted by atomic mass is 35.5. The molecule has 2 aliphatic rings. The van der Waals surface area contributed by atoms with Crippen LogP contribution in [0.4, 0.5) is 5.69 Å². The molecule has 0 N–H and O–H groups in total. The van der Waals surface area contributed by atoms with Gasteiger partial charge in [-0.25, -0.2) is 4.90 Å². The lowest BCUT2D eigenvalue weighted by Crippen LogP contribution is -2.37. The number of hydrogen-bond donors (Lipinski definition) is 0. The molecule has 2 aliphatic heterocycles. The molecule has 0 aliphatic carbocycles. The Balaban J connectivity index is 1.78. The molecule has 2 heterocycles. The van der Waals surface area contributed by atoms with Crippen molar-refractivity contribution in [1.82, 2.24) is 4.90 Å². The Morgan fingerprint density at radius 3 is 2.23 bits per heavy atom. The van der Waals surface area contributed by atoms with Gasteiger partial charge in [-0.05, 0) is 81.5 Å². The number of anilines is 1. The van der Waals surface area contributed by atoms with Crippen LogP contribution in [0.15, 0.2) is 48.2 Å². The summed E-state index contributed by atoms with van der Waals surface area (Å²) in [5.74, 6) is 0.171. The number of piperidine rings is 1. The van der Waals surface area contributed by atoms with Gasteiger partial charge in [0, 0.05) is 18.1 Å². The van der Waals surface area contributed by atoms with E-state index in [9.17, 15) is 9.59 Å². The van der Waals surface area contributed by atoms with Gasteiger partial charge in [-0.1, -0.05) is 23.7 Å². The summed E-state index contributed by atoms with van der Waals surface area (Å²) >= 11 is 6.10. The lowest BCUT2D eigenvalue weighted by Gasteiger charge is -2.29. The predicted molar refractivity (Wildman–Crippen MR) is 123 cm³/mol. The first-order chi connectivity index (χ1) is 14.9. The van der Waals surface area contributed by atoms with E-state index in [4.69, 9.17) is 16.3 Å². The van der Waals surface area contributed by atoms with Crippen LogP contribution in [0, 0.1) is 6.92 Å². The molecular formula is C25H27ClN2O3. The number of aryl methyl sites for hydroxylation is 1. The molecule has 31 heavy (non-hydrogen) atoms. The van der Waals surface area contributed by atoms with Crippen molar-refractivity contribution in [3.63, 3.8) is 0 Å². The zero-order chi connectivity index (χ0) is 22.1. The maximum Gasteiger partial charge on any atom is 0.282 e. The van der Waals surface area contributed by atoms with Gasteiger partial charge in [0.2, 0.25) is 0 Å². The van der Waals surface area contributed by atoms with E-state index in [-0.39, 0.29) is 17.9 Å². The fourth-order valence-electron chi connectivity index (χ4n) is 4.25. The van der Waals surface area contributed by atoms with Gasteiger partial charge in [0.15, 0.2) is 0 Å². The number of hydrogen-bond acceptors (Lipinski definition) is 4. The number of likely N-dealkylation sites (tertiary alicyclic amines) is 1. The Bertz CT molecular complexity index is 1040. The van der Waals surface area contributed by atoms with E-state index in [2.05, 4.69) is 4.90 Å². The molecule has 1 saturated heterocycles. The minimum Gasteiger partial charge on any atom is -0.491 e. The molecule has 2 aromatic rings. The highest BCUT2D eigenvalue weighted by Crippen LogP contribution is 2.37. The highest BCUT2D eigenvalue weighted by Gasteiger charge is 2.43. The van der Waals surface area contributed by atoms with Gasteiger partial charge in [0.1, 0.15) is 11.4 Å². The normalized spacial score (nSPS) is 17.2. The maximum atomic E-state index is 13.6. The summed E-state index contributed by atoms with van der Waals surface area (Å²) in [5.41, 5.74) is 3.04. The minimum atomic E-state index is -0.298. The van der Waals surface area contributed by atoms with Crippen LogP contribution in [-0.2, 0) is 9.59 Å². The zero-order valence-corrected chi connectivity index (χ0v) is 18.9. The summed E-state index contributed by atoms with van der Waals surface area (Å²) in [6.45, 7) is 7.35. The second kappa shape index (κ2) is 8.75. The van der Waals surface area contributed by atoms with Crippen LogP contribution in [-0.4, -0.2) is 35.9 Å². The van der Waals surface area contributed by atoms with Gasteiger partial charge in [-0.2, -0.15) is 0 Å². The zero-order valence-electron chi connectivity index (χ0n) is 18.2. The van der Waals surface area contributed by atoms with E-state index >= 15 is 0 Å². The van der Waals surface area contributed by atoms with E-state index in [0.717, 1.165) is 49.2 Å². The number of carbonyl (C=O) groups is 2. The first-order valence-electron chi connectivity index (χ1n) is 10.8. The number of imide groups is 1. The lowest BCUT2D eigenvalue weighted by molar-refractivity contribution is -0.120. The Kier molecular flexibility index (Phi) is 6.05. The van der Waals surface area contributed by atoms with Crippen molar-refractivity contribution in [1.29, 1.82) is 0 Å². The summed E-state index contributed by atoms with van der Waals surface area (Å²) in [7, 11) is 0. The number of amides is 2. The minimum absolute atomic E-state index is 0.0621. The third-order valence-electron chi connectivity index (χ3n) is 5.65. The third kappa shape index (κ3) is 4.19. The van der Waals surface area contributed by atoms with E-state index in [0.29, 0.717) is 22.0 Å². The van der Waals surface area contributed by atoms with Crippen molar-refractivity contribution >= 4 is 34.7 Å². The number of halogens is 1. The molecule has 0 bridgehead atoms. The summed E-state index contributed by atoms with van der Waals surface area (Å²) in [6.07, 6.45) is 3.23. The molecule has 0 aromatic heterocycles. The smallest absolute Gasteiger partial charge is 0.282 e. The van der Waals surface area contributed by atoms with Crippen molar-refractivity contribution in [2.45, 2.75) is 46.1 Å². The van der Waals surface area contributed by atoms with E-state index in [1.165, 1.54) is 4.90 Å². The fourth-order valence-corrected chi connectivity index (χ4v) is 4.48. The van der Waals surface area contributed by atoms with Crippen LogP contribution in [0.1, 0.15) is 44.2 Å². The molecule has 6 heteroatoms. The molecule has 0 spiro atoms. The molecule has 2 aromatic carbocycles. The molecule has 5 nitrogen and oxygen atoms in total. The first-order valence-corrected chi connectivity index (χ1v) is 11.2. The topological polar surface area (TPSA) is 49.9 Å². The van der Waals surface area contributed by atoms with Gasteiger partial charge >= 0.3 is 0 Å². The van der Waals surface area contributed by atoms with Crippen molar-refractivity contribution < 1.29 is 14.3 Å². The summed E-state index contributed by atoms with van der Waals surface area (Å²) in [4.78, 5) is 30.6. The maximum absolute atomic E-state index is 13.6. The number of rotatable bonds is 5. The van der Waals surface area contributed by atoms with Crippen LogP contribution in [0.3, 0.4) is 0 Å². The number of benzene rings is 2. The predicted octanol–water partition coefficient (Wildman–Crippen LogP) is 5.21. The van der Waals surface area contributed by atoms with Gasteiger partial charge in [0.05, 0.1) is 17.4 Å². The van der Waals surface area contributed by atoms with Crippen LogP contribution in [0.5, 0.6) is 5.75 Å². The monoisotopic (exact) mass is 438 g/mol. The Morgan fingerprint density at radius 1 is 0.935 bits per heavy atom. The first kappa shape index (κ1) is 21.4. The molecule has 1 fully saturated rings. The van der Waals surface area contributed by atoms with Crippen LogP contribution >= 0.6 is 11.6 Å². The molecule has 0 atom stereocenters. The largest absolute Gasteiger partial charge is 0.491 e. The number of nitrogens with zero attached hydrogens (tertiary/aromatic N) is 2. The lowest BCUT2D eigenvalue weighted by atomic mass is 10.0. The van der Waals surface area contributed by atoms with Crippen molar-refractivity contribution in [3.8, 4) is 5.75 Å². The van der Waals surface area contributed by atoms with E-state index in [1.54, 1.807) is 18.2 Å². The average molecular weight is 439 g/mol. The number of ether oxygens (including phenoxy) is 1. The molecule has 0 saturated carbocycles. The van der Waals surface area contributed by atoms with Gasteiger partial charge in [0.25, 0.3) is 11.8 Å². The molecule has 2 amide bonds. The molecule has 4 rings (SSSR count). The molecule has 0 unspecified atom stereocenters. The van der Waals surface area contributed by atoms with Gasteiger partial charge < -0.3 is 9.64 Å². The van der Waals surface area contributed by atoms with E-state index < -0.39 is 0 Å². The molecule has 0 radical (unpaired) electrons. The standard InChI is InChI=1S/C25H27ClN2O3/c1-16(2)31-20-10-7-18(8-11-20)22-23(27-13-5-4-6-14-27)25(30)28(24(22)29)21-12-9-19(26)15-17(21)3/h7-12,15-16H,4-6,13-14H2,1-3H3. The summed E-state index contributed by atoms with van der Waals surface area (Å²) < 4.78 is 5.74. The van der Waals surface area contributed by atoms with Crippen LogP contribution < -0.4 is 9.64 Å². The third-order valence-corrected chi connectivity index (χ3v) is 5.88. The fraction of sp³-hybridized carbons (Fsp3) is 0.360. The quantitative estimate of drug-likeness (QED) is 0.601. The van der Waals surface area contributed by atoms with E-state index in [1.807, 2.05) is 45.0 Å². The van der Waals surface area contributed by atoms with Gasteiger partial charge in [-0.3, -0.25) is 9.59 Å². The van der Waals surface area contributed by atoms with Crippen molar-refractivity contribution in [2.24, 2.45) is 0 Å². The summed E-state index contributed by atoms with van der Waals surface area (Å²) in [6, 6.07) is 12.6. The molecule has 162 valence electrons. The Labute approximate surface area is 188 Å². The van der Waals surface area contributed by atoms with Crippen molar-refractivity contribution in [2.75, 3.05) is 18.0 Å². The second-order valence-corrected chi connectivity index (χ2v) is 8.78. The number of carbonyl (C=O) groups excluding carboxylic acids is 2. The second-order valence-electron chi connectivity index (χ2n) is 8.34. The highest BCUT2D eigenvalue weighted by molar-refractivity contribution is 6.45.